The van der Waals surface area contributed by atoms with Crippen LogP contribution in [-0.2, 0) is 18.3 Å². The van der Waals surface area contributed by atoms with Gasteiger partial charge in [0.15, 0.2) is 0 Å². The lowest BCUT2D eigenvalue weighted by atomic mass is 10.1. The number of fused-ring (bicyclic) bond motifs is 1. The normalized spacial score (nSPS) is 12.6. The maximum absolute atomic E-state index is 11.5. The zero-order chi connectivity index (χ0) is 13.1. The van der Waals surface area contributed by atoms with Gasteiger partial charge in [-0.2, -0.15) is 0 Å². The highest BCUT2D eigenvalue weighted by Gasteiger charge is 2.13. The summed E-state index contributed by atoms with van der Waals surface area (Å²) in [5.74, 6) is -0.224. The van der Waals surface area contributed by atoms with Crippen LogP contribution in [0.15, 0.2) is 24.5 Å². The van der Waals surface area contributed by atoms with Crippen molar-refractivity contribution in [2.75, 3.05) is 7.05 Å². The van der Waals surface area contributed by atoms with E-state index in [1.807, 2.05) is 29.8 Å². The van der Waals surface area contributed by atoms with Gasteiger partial charge in [-0.05, 0) is 24.1 Å². The van der Waals surface area contributed by atoms with E-state index < -0.39 is 6.04 Å². The first-order valence-corrected chi connectivity index (χ1v) is 5.74. The minimum atomic E-state index is -0.571. The molecule has 6 heteroatoms. The Labute approximate surface area is 105 Å². The van der Waals surface area contributed by atoms with E-state index in [-0.39, 0.29) is 5.91 Å². The zero-order valence-electron chi connectivity index (χ0n) is 10.5. The molecule has 1 aromatic heterocycles. The second kappa shape index (κ2) is 5.16. The average molecular weight is 247 g/mol. The van der Waals surface area contributed by atoms with Crippen molar-refractivity contribution < 1.29 is 4.79 Å². The van der Waals surface area contributed by atoms with Gasteiger partial charge in [-0.3, -0.25) is 10.2 Å². The predicted octanol–water partition coefficient (Wildman–Crippen LogP) is -0.306. The highest BCUT2D eigenvalue weighted by Crippen LogP contribution is 2.14. The van der Waals surface area contributed by atoms with E-state index in [4.69, 9.17) is 5.73 Å². The highest BCUT2D eigenvalue weighted by atomic mass is 16.2. The number of hydrogen-bond donors (Lipinski definition) is 3. The van der Waals surface area contributed by atoms with Crippen LogP contribution in [0.3, 0.4) is 0 Å². The van der Waals surface area contributed by atoms with Crippen molar-refractivity contribution in [2.24, 2.45) is 12.8 Å². The van der Waals surface area contributed by atoms with Crippen molar-refractivity contribution in [3.8, 4) is 0 Å². The van der Waals surface area contributed by atoms with Crippen molar-refractivity contribution in [1.29, 1.82) is 0 Å². The summed E-state index contributed by atoms with van der Waals surface area (Å²) in [6.45, 7) is 0. The van der Waals surface area contributed by atoms with E-state index in [0.29, 0.717) is 6.42 Å². The van der Waals surface area contributed by atoms with Crippen molar-refractivity contribution in [3.63, 3.8) is 0 Å². The lowest BCUT2D eigenvalue weighted by molar-refractivity contribution is -0.123. The summed E-state index contributed by atoms with van der Waals surface area (Å²) in [6, 6.07) is 5.34. The van der Waals surface area contributed by atoms with Gasteiger partial charge in [-0.1, -0.05) is 6.07 Å². The van der Waals surface area contributed by atoms with Gasteiger partial charge in [0.1, 0.15) is 0 Å². The molecule has 1 heterocycles. The first-order valence-electron chi connectivity index (χ1n) is 5.74. The standard InChI is InChI=1S/C12H17N5O/c1-14-16-12(18)9(13)5-8-3-4-11-10(6-8)15-7-17(11)2/h3-4,6-7,9,14H,5,13H2,1-2H3,(H,16,18). The monoisotopic (exact) mass is 247 g/mol. The number of carbonyl (C=O) groups excluding carboxylic acids is 1. The van der Waals surface area contributed by atoms with Crippen LogP contribution in [0.5, 0.6) is 0 Å². The molecule has 1 aromatic carbocycles. The molecule has 0 spiro atoms. The topological polar surface area (TPSA) is 85.0 Å². The zero-order valence-corrected chi connectivity index (χ0v) is 10.5. The van der Waals surface area contributed by atoms with E-state index in [9.17, 15) is 4.79 Å². The molecule has 0 saturated carbocycles. The molecular weight excluding hydrogens is 230 g/mol. The predicted molar refractivity (Wildman–Crippen MR) is 69.6 cm³/mol. The van der Waals surface area contributed by atoms with Gasteiger partial charge in [0.2, 0.25) is 0 Å². The fourth-order valence-electron chi connectivity index (χ4n) is 1.87. The molecular formula is C12H17N5O. The number of rotatable bonds is 4. The van der Waals surface area contributed by atoms with Gasteiger partial charge in [0, 0.05) is 14.1 Å². The number of nitrogens with zero attached hydrogens (tertiary/aromatic N) is 2. The summed E-state index contributed by atoms with van der Waals surface area (Å²) in [7, 11) is 3.58. The largest absolute Gasteiger partial charge is 0.334 e. The number of hydrazine groups is 1. The number of nitrogens with two attached hydrogens (primary N) is 1. The molecule has 0 fully saturated rings. The third kappa shape index (κ3) is 2.49. The number of aryl methyl sites for hydroxylation is 1. The van der Waals surface area contributed by atoms with Crippen LogP contribution in [0.25, 0.3) is 11.0 Å². The Morgan fingerprint density at radius 1 is 1.56 bits per heavy atom. The number of imidazole rings is 1. The minimum absolute atomic E-state index is 0.224. The van der Waals surface area contributed by atoms with Crippen molar-refractivity contribution in [3.05, 3.63) is 30.1 Å². The van der Waals surface area contributed by atoms with Gasteiger partial charge in [-0.25, -0.2) is 10.4 Å². The summed E-state index contributed by atoms with van der Waals surface area (Å²) in [5.41, 5.74) is 13.8. The lowest BCUT2D eigenvalue weighted by Gasteiger charge is -2.11. The summed E-state index contributed by atoms with van der Waals surface area (Å²) in [4.78, 5) is 15.8. The van der Waals surface area contributed by atoms with E-state index >= 15 is 0 Å². The van der Waals surface area contributed by atoms with Gasteiger partial charge in [0.05, 0.1) is 23.4 Å². The first kappa shape index (κ1) is 12.5. The third-order valence-corrected chi connectivity index (χ3v) is 2.83. The number of amides is 1. The number of benzene rings is 1. The fraction of sp³-hybridized carbons (Fsp3) is 0.333. The van der Waals surface area contributed by atoms with Crippen molar-refractivity contribution >= 4 is 16.9 Å². The van der Waals surface area contributed by atoms with E-state index in [0.717, 1.165) is 16.6 Å². The average Bonchev–Trinajstić information content (AvgIpc) is 2.71. The molecule has 2 aromatic rings. The van der Waals surface area contributed by atoms with Crippen LogP contribution in [0.2, 0.25) is 0 Å². The molecule has 0 aliphatic carbocycles. The molecule has 18 heavy (non-hydrogen) atoms. The van der Waals surface area contributed by atoms with Gasteiger partial charge in [-0.15, -0.1) is 0 Å². The molecule has 0 bridgehead atoms. The number of hydrogen-bond acceptors (Lipinski definition) is 4. The number of nitrogens with one attached hydrogen (secondary N) is 2. The van der Waals surface area contributed by atoms with Crippen LogP contribution in [0.1, 0.15) is 5.56 Å². The Bertz CT molecular complexity index is 563. The molecule has 6 nitrogen and oxygen atoms in total. The smallest absolute Gasteiger partial charge is 0.251 e. The van der Waals surface area contributed by atoms with Crippen LogP contribution in [-0.4, -0.2) is 28.5 Å². The van der Waals surface area contributed by atoms with Crippen LogP contribution in [0.4, 0.5) is 0 Å². The van der Waals surface area contributed by atoms with Crippen LogP contribution >= 0.6 is 0 Å². The Hall–Kier alpha value is -1.92. The SMILES string of the molecule is CNNC(=O)C(N)Cc1ccc2c(c1)ncn2C. The Morgan fingerprint density at radius 3 is 3.06 bits per heavy atom. The van der Waals surface area contributed by atoms with Crippen LogP contribution in [0, 0.1) is 0 Å². The van der Waals surface area contributed by atoms with Gasteiger partial charge >= 0.3 is 0 Å². The molecule has 0 radical (unpaired) electrons. The number of aromatic nitrogens is 2. The third-order valence-electron chi connectivity index (χ3n) is 2.83. The first-order chi connectivity index (χ1) is 8.61. The molecule has 0 aliphatic heterocycles. The number of carbonyl (C=O) groups is 1. The second-order valence-corrected chi connectivity index (χ2v) is 4.23. The minimum Gasteiger partial charge on any atom is -0.334 e. The second-order valence-electron chi connectivity index (χ2n) is 4.23. The molecule has 0 aliphatic rings. The maximum atomic E-state index is 11.5. The maximum Gasteiger partial charge on any atom is 0.251 e. The molecule has 4 N–H and O–H groups in total. The molecule has 1 amide bonds. The van der Waals surface area contributed by atoms with Crippen molar-refractivity contribution in [2.45, 2.75) is 12.5 Å². The highest BCUT2D eigenvalue weighted by molar-refractivity contribution is 5.82. The van der Waals surface area contributed by atoms with Crippen LogP contribution < -0.4 is 16.6 Å². The Morgan fingerprint density at radius 2 is 2.33 bits per heavy atom. The van der Waals surface area contributed by atoms with Crippen molar-refractivity contribution in [1.82, 2.24) is 20.4 Å². The molecule has 0 saturated heterocycles. The molecule has 96 valence electrons. The summed E-state index contributed by atoms with van der Waals surface area (Å²) in [5, 5.41) is 0. The van der Waals surface area contributed by atoms with E-state index in [1.54, 1.807) is 13.4 Å². The fourth-order valence-corrected chi connectivity index (χ4v) is 1.87. The van der Waals surface area contributed by atoms with Gasteiger partial charge in [0.25, 0.3) is 5.91 Å². The van der Waals surface area contributed by atoms with E-state index in [2.05, 4.69) is 15.8 Å². The molecule has 1 unspecified atom stereocenters. The Kier molecular flexibility index (Phi) is 3.59. The Balaban J connectivity index is 2.14. The molecule has 1 atom stereocenters. The lowest BCUT2D eigenvalue weighted by Crippen LogP contribution is -2.46. The molecule has 2 rings (SSSR count). The summed E-state index contributed by atoms with van der Waals surface area (Å²) >= 11 is 0. The van der Waals surface area contributed by atoms with E-state index in [1.165, 1.54) is 0 Å². The summed E-state index contributed by atoms with van der Waals surface area (Å²) in [6.07, 6.45) is 2.25. The quantitative estimate of drug-likeness (QED) is 0.647. The summed E-state index contributed by atoms with van der Waals surface area (Å²) < 4.78 is 1.95. The van der Waals surface area contributed by atoms with Gasteiger partial charge < -0.3 is 10.3 Å².